The number of benzene rings is 1. The van der Waals surface area contributed by atoms with Gasteiger partial charge in [0.05, 0.1) is 17.9 Å². The Bertz CT molecular complexity index is 769. The van der Waals surface area contributed by atoms with E-state index in [9.17, 15) is 9.59 Å². The van der Waals surface area contributed by atoms with Crippen molar-refractivity contribution in [1.29, 1.82) is 0 Å². The van der Waals surface area contributed by atoms with Crippen molar-refractivity contribution in [3.05, 3.63) is 28.6 Å². The summed E-state index contributed by atoms with van der Waals surface area (Å²) in [5, 5.41) is 4.02. The number of ether oxygens (including phenoxy) is 1. The third-order valence-corrected chi connectivity index (χ3v) is 5.82. The van der Waals surface area contributed by atoms with Crippen LogP contribution in [-0.2, 0) is 4.79 Å². The molecule has 2 amide bonds. The maximum Gasteiger partial charge on any atom is 0.261 e. The van der Waals surface area contributed by atoms with Crippen LogP contribution in [0.2, 0.25) is 0 Å². The van der Waals surface area contributed by atoms with Gasteiger partial charge in [-0.05, 0) is 48.9 Å². The molecule has 122 valence electrons. The number of amides is 2. The molecule has 1 aromatic heterocycles. The summed E-state index contributed by atoms with van der Waals surface area (Å²) < 4.78 is 6.30. The van der Waals surface area contributed by atoms with Gasteiger partial charge in [-0.2, -0.15) is 0 Å². The molecule has 0 aliphatic heterocycles. The first kappa shape index (κ1) is 15.8. The highest BCUT2D eigenvalue weighted by Gasteiger charge is 2.33. The maximum absolute atomic E-state index is 12.6. The lowest BCUT2D eigenvalue weighted by Crippen LogP contribution is -2.42. The lowest BCUT2D eigenvalue weighted by atomic mass is 10.0. The van der Waals surface area contributed by atoms with Gasteiger partial charge >= 0.3 is 0 Å². The molecule has 0 saturated heterocycles. The number of nitrogens with one attached hydrogen (secondary N) is 1. The van der Waals surface area contributed by atoms with Crippen LogP contribution >= 0.6 is 11.3 Å². The number of nitrogens with two attached hydrogens (primary N) is 1. The van der Waals surface area contributed by atoms with Crippen molar-refractivity contribution < 1.29 is 14.3 Å². The topological polar surface area (TPSA) is 81.4 Å². The van der Waals surface area contributed by atoms with Crippen LogP contribution in [0.15, 0.2) is 18.2 Å². The highest BCUT2D eigenvalue weighted by atomic mass is 32.1. The molecule has 1 fully saturated rings. The standard InChI is InChI=1S/C17H20N2O3S/c1-9-12-8-10(22-2)6-7-14(12)23-15(9)17(21)19-13-5-3-4-11(13)16(18)20/h6-8,11,13H,3-5H2,1-2H3,(H2,18,20)(H,19,21)/t11-,13+/m0/s1. The van der Waals surface area contributed by atoms with Crippen molar-refractivity contribution in [2.24, 2.45) is 11.7 Å². The van der Waals surface area contributed by atoms with Crippen LogP contribution in [0.1, 0.15) is 34.5 Å². The molecule has 0 bridgehead atoms. The van der Waals surface area contributed by atoms with Crippen molar-refractivity contribution in [3.63, 3.8) is 0 Å². The van der Waals surface area contributed by atoms with Gasteiger partial charge in [-0.25, -0.2) is 0 Å². The van der Waals surface area contributed by atoms with Crippen LogP contribution < -0.4 is 15.8 Å². The molecule has 23 heavy (non-hydrogen) atoms. The summed E-state index contributed by atoms with van der Waals surface area (Å²) in [5.74, 6) is 0.0649. The van der Waals surface area contributed by atoms with E-state index >= 15 is 0 Å². The van der Waals surface area contributed by atoms with Gasteiger partial charge in [0.1, 0.15) is 5.75 Å². The molecule has 1 aromatic carbocycles. The number of hydrogen-bond acceptors (Lipinski definition) is 4. The number of carbonyl (C=O) groups excluding carboxylic acids is 2. The highest BCUT2D eigenvalue weighted by Crippen LogP contribution is 2.34. The monoisotopic (exact) mass is 332 g/mol. The molecule has 1 saturated carbocycles. The van der Waals surface area contributed by atoms with Crippen molar-refractivity contribution in [3.8, 4) is 5.75 Å². The molecule has 1 heterocycles. The van der Waals surface area contributed by atoms with Gasteiger partial charge in [-0.15, -0.1) is 11.3 Å². The Labute approximate surface area is 138 Å². The fourth-order valence-electron chi connectivity index (χ4n) is 3.25. The molecule has 0 radical (unpaired) electrons. The summed E-state index contributed by atoms with van der Waals surface area (Å²) in [6.07, 6.45) is 2.47. The second kappa shape index (κ2) is 6.20. The third kappa shape index (κ3) is 2.91. The predicted octanol–water partition coefficient (Wildman–Crippen LogP) is 2.60. The zero-order valence-corrected chi connectivity index (χ0v) is 14.0. The van der Waals surface area contributed by atoms with E-state index in [-0.39, 0.29) is 23.8 Å². The number of primary amides is 1. The Balaban J connectivity index is 1.86. The summed E-state index contributed by atoms with van der Waals surface area (Å²) in [4.78, 5) is 24.8. The zero-order valence-electron chi connectivity index (χ0n) is 13.2. The van der Waals surface area contributed by atoms with Gasteiger partial charge in [0.2, 0.25) is 5.91 Å². The van der Waals surface area contributed by atoms with Crippen molar-refractivity contribution in [2.75, 3.05) is 7.11 Å². The summed E-state index contributed by atoms with van der Waals surface area (Å²) in [6.45, 7) is 1.94. The van der Waals surface area contributed by atoms with Gasteiger partial charge in [0.25, 0.3) is 5.91 Å². The number of rotatable bonds is 4. The van der Waals surface area contributed by atoms with Crippen molar-refractivity contribution in [2.45, 2.75) is 32.2 Å². The minimum atomic E-state index is -0.328. The highest BCUT2D eigenvalue weighted by molar-refractivity contribution is 7.21. The second-order valence-corrected chi connectivity index (χ2v) is 6.99. The predicted molar refractivity (Wildman–Crippen MR) is 90.9 cm³/mol. The molecule has 1 aliphatic carbocycles. The van der Waals surface area contributed by atoms with Crippen LogP contribution in [0.3, 0.4) is 0 Å². The van der Waals surface area contributed by atoms with Crippen molar-refractivity contribution >= 4 is 33.2 Å². The van der Waals surface area contributed by atoms with Crippen LogP contribution in [0, 0.1) is 12.8 Å². The van der Waals surface area contributed by atoms with Crippen LogP contribution in [0.25, 0.3) is 10.1 Å². The van der Waals surface area contributed by atoms with Crippen LogP contribution in [0.4, 0.5) is 0 Å². The molecule has 0 spiro atoms. The molecule has 3 rings (SSSR count). The molecule has 1 aliphatic rings. The van der Waals surface area contributed by atoms with Crippen LogP contribution in [0.5, 0.6) is 5.75 Å². The third-order valence-electron chi connectivity index (χ3n) is 4.55. The largest absolute Gasteiger partial charge is 0.497 e. The minimum Gasteiger partial charge on any atom is -0.497 e. The molecular weight excluding hydrogens is 312 g/mol. The number of methoxy groups -OCH3 is 1. The second-order valence-electron chi connectivity index (χ2n) is 5.94. The van der Waals surface area contributed by atoms with E-state index in [0.717, 1.165) is 40.7 Å². The smallest absolute Gasteiger partial charge is 0.261 e. The molecule has 2 aromatic rings. The SMILES string of the molecule is COc1ccc2sc(C(=O)N[C@@H]3CCC[C@@H]3C(N)=O)c(C)c2c1. The molecule has 3 N–H and O–H groups in total. The zero-order chi connectivity index (χ0) is 16.6. The molecule has 2 atom stereocenters. The normalized spacial score (nSPS) is 20.6. The number of thiophene rings is 1. The van der Waals surface area contributed by atoms with Gasteiger partial charge in [0.15, 0.2) is 0 Å². The fourth-order valence-corrected chi connectivity index (χ4v) is 4.34. The number of hydrogen-bond donors (Lipinski definition) is 2. The first-order valence-corrected chi connectivity index (χ1v) is 8.50. The van der Waals surface area contributed by atoms with Gasteiger partial charge in [-0.1, -0.05) is 6.42 Å². The Morgan fingerprint density at radius 2 is 2.13 bits per heavy atom. The summed E-state index contributed by atoms with van der Waals surface area (Å²) in [6, 6.07) is 5.64. The lowest BCUT2D eigenvalue weighted by Gasteiger charge is -2.18. The van der Waals surface area contributed by atoms with Gasteiger partial charge < -0.3 is 15.8 Å². The molecule has 0 unspecified atom stereocenters. The average molecular weight is 332 g/mol. The van der Waals surface area contributed by atoms with E-state index in [0.29, 0.717) is 4.88 Å². The number of fused-ring (bicyclic) bond motifs is 1. The van der Waals surface area contributed by atoms with Gasteiger partial charge in [0, 0.05) is 10.7 Å². The first-order chi connectivity index (χ1) is 11.0. The van der Waals surface area contributed by atoms with Gasteiger partial charge in [-0.3, -0.25) is 9.59 Å². The Kier molecular flexibility index (Phi) is 4.26. The summed E-state index contributed by atoms with van der Waals surface area (Å²) >= 11 is 1.46. The van der Waals surface area contributed by atoms with Crippen LogP contribution in [-0.4, -0.2) is 25.0 Å². The van der Waals surface area contributed by atoms with E-state index in [1.54, 1.807) is 7.11 Å². The van der Waals surface area contributed by atoms with Crippen molar-refractivity contribution in [1.82, 2.24) is 5.32 Å². The fraction of sp³-hybridized carbons (Fsp3) is 0.412. The molecule has 6 heteroatoms. The maximum atomic E-state index is 12.6. The van der Waals surface area contributed by atoms with E-state index in [1.807, 2.05) is 25.1 Å². The number of aryl methyl sites for hydroxylation is 1. The first-order valence-electron chi connectivity index (χ1n) is 7.68. The quantitative estimate of drug-likeness (QED) is 0.903. The molecular formula is C17H20N2O3S. The molecule has 5 nitrogen and oxygen atoms in total. The Hall–Kier alpha value is -2.08. The number of carbonyl (C=O) groups is 2. The van der Waals surface area contributed by atoms with E-state index in [1.165, 1.54) is 11.3 Å². The Morgan fingerprint density at radius 1 is 1.35 bits per heavy atom. The minimum absolute atomic E-state index is 0.124. The Morgan fingerprint density at radius 3 is 2.83 bits per heavy atom. The van der Waals surface area contributed by atoms with E-state index < -0.39 is 0 Å². The lowest BCUT2D eigenvalue weighted by molar-refractivity contribution is -0.122. The summed E-state index contributed by atoms with van der Waals surface area (Å²) in [7, 11) is 1.63. The summed E-state index contributed by atoms with van der Waals surface area (Å²) in [5.41, 5.74) is 6.36. The average Bonchev–Trinajstić information content (AvgIpc) is 3.12. The van der Waals surface area contributed by atoms with E-state index in [4.69, 9.17) is 10.5 Å². The van der Waals surface area contributed by atoms with E-state index in [2.05, 4.69) is 5.32 Å².